The van der Waals surface area contributed by atoms with Gasteiger partial charge in [-0.2, -0.15) is 0 Å². The van der Waals surface area contributed by atoms with Crippen LogP contribution in [0.25, 0.3) is 0 Å². The minimum absolute atomic E-state index is 0.593. The second-order valence-corrected chi connectivity index (χ2v) is 6.07. The zero-order valence-corrected chi connectivity index (χ0v) is 14.0. The van der Waals surface area contributed by atoms with Crippen LogP contribution < -0.4 is 4.74 Å². The third-order valence-corrected chi connectivity index (χ3v) is 4.10. The molecule has 0 atom stereocenters. The molecule has 2 aromatic carbocycles. The lowest BCUT2D eigenvalue weighted by atomic mass is 10.0. The maximum Gasteiger partial charge on any atom is 0.129 e. The molecule has 0 fully saturated rings. The molecule has 0 aromatic heterocycles. The Morgan fingerprint density at radius 2 is 1.91 bits per heavy atom. The Labute approximate surface area is 138 Å². The van der Waals surface area contributed by atoms with E-state index in [1.807, 2.05) is 18.2 Å². The number of aliphatic imine (C=N–C) groups is 1. The molecule has 0 radical (unpaired) electrons. The molecule has 0 amide bonds. The largest absolute Gasteiger partial charge is 0.488 e. The summed E-state index contributed by atoms with van der Waals surface area (Å²) in [5.74, 6) is 0.951. The number of fused-ring (bicyclic) bond motifs is 1. The first kappa shape index (κ1) is 15.8. The topological polar surface area (TPSA) is 24.8 Å². The smallest absolute Gasteiger partial charge is 0.129 e. The van der Waals surface area contributed by atoms with Crippen molar-refractivity contribution >= 4 is 5.71 Å². The van der Waals surface area contributed by atoms with Gasteiger partial charge in [-0.15, -0.1) is 0 Å². The maximum absolute atomic E-state index is 6.11. The monoisotopic (exact) mass is 308 g/mol. The van der Waals surface area contributed by atoms with Gasteiger partial charge in [0.15, 0.2) is 0 Å². The highest BCUT2D eigenvalue weighted by atomic mass is 16.5. The predicted octanol–water partition coefficient (Wildman–Crippen LogP) is 3.91. The van der Waals surface area contributed by atoms with Crippen molar-refractivity contribution in [2.45, 2.75) is 26.5 Å². The van der Waals surface area contributed by atoms with Crippen molar-refractivity contribution in [1.29, 1.82) is 0 Å². The Kier molecular flexibility index (Phi) is 5.09. The first-order chi connectivity index (χ1) is 11.3. The lowest BCUT2D eigenvalue weighted by molar-refractivity contribution is 0.305. The minimum Gasteiger partial charge on any atom is -0.488 e. The first-order valence-corrected chi connectivity index (χ1v) is 8.28. The zero-order valence-electron chi connectivity index (χ0n) is 14.0. The summed E-state index contributed by atoms with van der Waals surface area (Å²) in [7, 11) is 2.15. The molecular weight excluding hydrogens is 284 g/mol. The summed E-state index contributed by atoms with van der Waals surface area (Å²) >= 11 is 0. The Morgan fingerprint density at radius 1 is 1.09 bits per heavy atom. The van der Waals surface area contributed by atoms with E-state index in [9.17, 15) is 0 Å². The second-order valence-electron chi connectivity index (χ2n) is 6.07. The molecule has 1 aliphatic heterocycles. The highest BCUT2D eigenvalue weighted by Gasteiger charge is 2.21. The number of benzene rings is 2. The van der Waals surface area contributed by atoms with Crippen LogP contribution in [-0.4, -0.2) is 30.7 Å². The van der Waals surface area contributed by atoms with Gasteiger partial charge in [0.1, 0.15) is 12.4 Å². The fraction of sp³-hybridized carbons (Fsp3) is 0.350. The van der Waals surface area contributed by atoms with E-state index < -0.39 is 0 Å². The van der Waals surface area contributed by atoms with E-state index in [0.717, 1.165) is 37.5 Å². The van der Waals surface area contributed by atoms with Crippen LogP contribution in [0.1, 0.15) is 30.0 Å². The van der Waals surface area contributed by atoms with E-state index in [4.69, 9.17) is 9.73 Å². The Morgan fingerprint density at radius 3 is 2.70 bits per heavy atom. The summed E-state index contributed by atoms with van der Waals surface area (Å²) in [6.07, 6.45) is 1.16. The molecule has 3 rings (SSSR count). The van der Waals surface area contributed by atoms with Crippen LogP contribution >= 0.6 is 0 Å². The molecule has 23 heavy (non-hydrogen) atoms. The molecule has 0 N–H and O–H groups in total. The third kappa shape index (κ3) is 3.80. The summed E-state index contributed by atoms with van der Waals surface area (Å²) in [6, 6.07) is 16.6. The minimum atomic E-state index is 0.593. The van der Waals surface area contributed by atoms with Gasteiger partial charge < -0.3 is 9.64 Å². The normalized spacial score (nSPS) is 13.1. The van der Waals surface area contributed by atoms with E-state index in [1.54, 1.807) is 0 Å². The number of rotatable bonds is 7. The second kappa shape index (κ2) is 7.42. The summed E-state index contributed by atoms with van der Waals surface area (Å²) in [5, 5.41) is 0. The fourth-order valence-corrected chi connectivity index (χ4v) is 3.00. The SMILES string of the molecule is CCCN(C)CC1=NCc2cccc(OCc3ccccc3)c21. The van der Waals surface area contributed by atoms with Crippen molar-refractivity contribution in [1.82, 2.24) is 4.90 Å². The van der Waals surface area contributed by atoms with Gasteiger partial charge in [-0.1, -0.05) is 49.4 Å². The van der Waals surface area contributed by atoms with Gasteiger partial charge >= 0.3 is 0 Å². The van der Waals surface area contributed by atoms with Crippen LogP contribution in [0, 0.1) is 0 Å². The Bertz CT molecular complexity index is 679. The van der Waals surface area contributed by atoms with Crippen molar-refractivity contribution in [2.75, 3.05) is 20.1 Å². The van der Waals surface area contributed by atoms with E-state index >= 15 is 0 Å². The quantitative estimate of drug-likeness (QED) is 0.774. The summed E-state index contributed by atoms with van der Waals surface area (Å²) in [5.41, 5.74) is 4.81. The predicted molar refractivity (Wildman–Crippen MR) is 95.2 cm³/mol. The molecule has 1 heterocycles. The molecule has 3 nitrogen and oxygen atoms in total. The van der Waals surface area contributed by atoms with Gasteiger partial charge in [0, 0.05) is 12.1 Å². The van der Waals surface area contributed by atoms with Crippen LogP contribution in [0.2, 0.25) is 0 Å². The molecule has 1 aliphatic rings. The molecule has 0 spiro atoms. The summed E-state index contributed by atoms with van der Waals surface area (Å²) in [6.45, 7) is 5.53. The molecule has 0 bridgehead atoms. The number of hydrogen-bond acceptors (Lipinski definition) is 3. The van der Waals surface area contributed by atoms with Gasteiger partial charge in [0.25, 0.3) is 0 Å². The summed E-state index contributed by atoms with van der Waals surface area (Å²) in [4.78, 5) is 7.06. The highest BCUT2D eigenvalue weighted by molar-refractivity contribution is 6.07. The number of likely N-dealkylation sites (N-methyl/N-ethyl adjacent to an activating group) is 1. The number of nitrogens with zero attached hydrogens (tertiary/aromatic N) is 2. The lowest BCUT2D eigenvalue weighted by Crippen LogP contribution is -2.26. The van der Waals surface area contributed by atoms with Gasteiger partial charge in [-0.3, -0.25) is 4.99 Å². The van der Waals surface area contributed by atoms with Crippen LogP contribution in [0.5, 0.6) is 5.75 Å². The van der Waals surface area contributed by atoms with Crippen molar-refractivity contribution in [3.05, 3.63) is 65.2 Å². The number of hydrogen-bond donors (Lipinski definition) is 0. The van der Waals surface area contributed by atoms with Crippen LogP contribution in [0.15, 0.2) is 53.5 Å². The van der Waals surface area contributed by atoms with Crippen molar-refractivity contribution in [3.8, 4) is 5.75 Å². The van der Waals surface area contributed by atoms with E-state index in [-0.39, 0.29) is 0 Å². The number of ether oxygens (including phenoxy) is 1. The average molecular weight is 308 g/mol. The third-order valence-electron chi connectivity index (χ3n) is 4.10. The van der Waals surface area contributed by atoms with E-state index in [1.165, 1.54) is 16.7 Å². The Balaban J connectivity index is 1.75. The Hall–Kier alpha value is -2.13. The highest BCUT2D eigenvalue weighted by Crippen LogP contribution is 2.29. The molecule has 2 aromatic rings. The van der Waals surface area contributed by atoms with Crippen molar-refractivity contribution in [3.63, 3.8) is 0 Å². The standard InChI is InChI=1S/C20H24N2O/c1-3-12-22(2)14-18-20-17(13-21-18)10-7-11-19(20)23-15-16-8-5-4-6-9-16/h4-11H,3,12-15H2,1-2H3. The molecule has 0 unspecified atom stereocenters. The summed E-state index contributed by atoms with van der Waals surface area (Å²) < 4.78 is 6.11. The first-order valence-electron chi connectivity index (χ1n) is 8.28. The van der Waals surface area contributed by atoms with E-state index in [0.29, 0.717) is 6.61 Å². The van der Waals surface area contributed by atoms with Gasteiger partial charge in [-0.25, -0.2) is 0 Å². The van der Waals surface area contributed by atoms with Crippen LogP contribution in [-0.2, 0) is 13.2 Å². The van der Waals surface area contributed by atoms with E-state index in [2.05, 4.69) is 49.2 Å². The van der Waals surface area contributed by atoms with Crippen LogP contribution in [0.4, 0.5) is 0 Å². The maximum atomic E-state index is 6.11. The van der Waals surface area contributed by atoms with Crippen molar-refractivity contribution in [2.24, 2.45) is 4.99 Å². The molecular formula is C20H24N2O. The average Bonchev–Trinajstić information content (AvgIpc) is 2.98. The fourth-order valence-electron chi connectivity index (χ4n) is 3.00. The zero-order chi connectivity index (χ0) is 16.1. The molecule has 0 saturated carbocycles. The molecule has 120 valence electrons. The van der Waals surface area contributed by atoms with Gasteiger partial charge in [0.2, 0.25) is 0 Å². The van der Waals surface area contributed by atoms with Gasteiger partial charge in [-0.05, 0) is 37.2 Å². The molecule has 0 aliphatic carbocycles. The molecule has 3 heteroatoms. The van der Waals surface area contributed by atoms with Crippen molar-refractivity contribution < 1.29 is 4.74 Å². The van der Waals surface area contributed by atoms with Gasteiger partial charge in [0.05, 0.1) is 12.3 Å². The molecule has 0 saturated heterocycles. The van der Waals surface area contributed by atoms with Crippen LogP contribution in [0.3, 0.4) is 0 Å². The lowest BCUT2D eigenvalue weighted by Gasteiger charge is -2.18.